The molecule has 0 atom stereocenters. The van der Waals surface area contributed by atoms with Crippen LogP contribution < -0.4 is 5.56 Å². The van der Waals surface area contributed by atoms with Crippen molar-refractivity contribution in [1.29, 1.82) is 0 Å². The predicted molar refractivity (Wildman–Crippen MR) is 34.8 cm³/mol. The third kappa shape index (κ3) is 2.18. The summed E-state index contributed by atoms with van der Waals surface area (Å²) in [6.45, 7) is 1.60. The maximum atomic E-state index is 10.6. The van der Waals surface area contributed by atoms with Crippen LogP contribution in [0.1, 0.15) is 5.69 Å². The van der Waals surface area contributed by atoms with E-state index in [0.717, 1.165) is 0 Å². The summed E-state index contributed by atoms with van der Waals surface area (Å²) in [5.41, 5.74) is 0.155. The summed E-state index contributed by atoms with van der Waals surface area (Å²) in [7, 11) is 0. The number of nitrogens with one attached hydrogen (secondary N) is 2. The van der Waals surface area contributed by atoms with Gasteiger partial charge in [0, 0.05) is 22.4 Å². The molecule has 10 heavy (non-hydrogen) atoms. The Bertz CT molecular complexity index is 317. The zero-order valence-electron chi connectivity index (χ0n) is 5.07. The van der Waals surface area contributed by atoms with Crippen LogP contribution in [0.25, 0.3) is 0 Å². The van der Waals surface area contributed by atoms with E-state index in [9.17, 15) is 4.79 Å². The van der Waals surface area contributed by atoms with Gasteiger partial charge in [0.2, 0.25) is 0 Å². The topological polar surface area (TPSA) is 61.5 Å². The smallest absolute Gasteiger partial charge is 0.273 e. The van der Waals surface area contributed by atoms with Crippen LogP contribution in [0.2, 0.25) is 0 Å². The quantitative estimate of drug-likeness (QED) is 0.522. The second-order valence-electron chi connectivity index (χ2n) is 1.59. The molecule has 59 valence electrons. The van der Waals surface area contributed by atoms with Gasteiger partial charge in [-0.15, -0.1) is 0 Å². The molecule has 0 amide bonds. The van der Waals surface area contributed by atoms with Crippen molar-refractivity contribution in [2.45, 2.75) is 6.92 Å². The molecule has 1 aromatic heterocycles. The van der Waals surface area contributed by atoms with E-state index in [-0.39, 0.29) is 32.7 Å². The van der Waals surface area contributed by atoms with E-state index < -0.39 is 0 Å². The van der Waals surface area contributed by atoms with Crippen LogP contribution in [-0.2, 0) is 22.4 Å². The molecule has 4 nitrogen and oxygen atoms in total. The zero-order valence-corrected chi connectivity index (χ0v) is 8.05. The average Bonchev–Trinajstić information content (AvgIpc) is 1.80. The summed E-state index contributed by atoms with van der Waals surface area (Å²) in [5.74, 6) is 0. The van der Waals surface area contributed by atoms with Crippen LogP contribution in [0, 0.1) is 11.7 Å². The van der Waals surface area contributed by atoms with Crippen molar-refractivity contribution in [2.75, 3.05) is 0 Å². The van der Waals surface area contributed by atoms with E-state index in [1.54, 1.807) is 6.92 Å². The number of rotatable bonds is 0. The number of hydrogen-bond donors (Lipinski definition) is 2. The Kier molecular flexibility index (Phi) is 3.73. The molecule has 0 aliphatic heterocycles. The number of H-pyrrole nitrogens is 2. The van der Waals surface area contributed by atoms with Gasteiger partial charge in [0.05, 0.1) is 0 Å². The van der Waals surface area contributed by atoms with E-state index in [1.807, 2.05) is 0 Å². The van der Waals surface area contributed by atoms with Gasteiger partial charge in [0.25, 0.3) is 5.56 Å². The van der Waals surface area contributed by atoms with Crippen molar-refractivity contribution in [3.63, 3.8) is 0 Å². The Balaban J connectivity index is 0.000000810. The van der Waals surface area contributed by atoms with E-state index in [4.69, 9.17) is 0 Å². The fraction of sp³-hybridized carbons (Fsp3) is 0.250. The van der Waals surface area contributed by atoms with Gasteiger partial charge < -0.3 is 0 Å². The fourth-order valence-corrected chi connectivity index (χ4v) is 0.545. The van der Waals surface area contributed by atoms with Crippen LogP contribution in [0.5, 0.6) is 0 Å². The van der Waals surface area contributed by atoms with E-state index >= 15 is 0 Å². The van der Waals surface area contributed by atoms with E-state index in [2.05, 4.69) is 27.4 Å². The molecule has 2 N–H and O–H groups in total. The molecule has 0 aromatic carbocycles. The molecule has 6 heteroatoms. The summed E-state index contributed by atoms with van der Waals surface area (Å²) in [6, 6.07) is 0. The van der Waals surface area contributed by atoms with E-state index in [1.165, 1.54) is 0 Å². The van der Waals surface area contributed by atoms with Crippen molar-refractivity contribution in [3.8, 4) is 0 Å². The van der Waals surface area contributed by atoms with Gasteiger partial charge in [-0.05, 0) is 19.1 Å². The molecule has 0 fully saturated rings. The molecular formula is C4H5AuN3OS. The van der Waals surface area contributed by atoms with Crippen molar-refractivity contribution in [2.24, 2.45) is 0 Å². The minimum absolute atomic E-state index is 0. The summed E-state index contributed by atoms with van der Waals surface area (Å²) < 4.78 is 0.255. The number of aromatic nitrogens is 3. The SMILES string of the molecule is Cc1n[nH]c(=S)[nH]c1=O.[Au]. The number of aromatic amines is 2. The first-order valence-electron chi connectivity index (χ1n) is 2.36. The van der Waals surface area contributed by atoms with Crippen LogP contribution in [0.4, 0.5) is 0 Å². The third-order valence-corrected chi connectivity index (χ3v) is 1.07. The molecule has 0 aliphatic carbocycles. The molecule has 0 bridgehead atoms. The normalized spacial score (nSPS) is 8.50. The first-order chi connectivity index (χ1) is 4.20. The first-order valence-corrected chi connectivity index (χ1v) is 2.76. The Morgan fingerprint density at radius 2 is 2.20 bits per heavy atom. The summed E-state index contributed by atoms with van der Waals surface area (Å²) in [4.78, 5) is 13.0. The molecule has 0 unspecified atom stereocenters. The third-order valence-electron chi connectivity index (χ3n) is 0.881. The second-order valence-corrected chi connectivity index (χ2v) is 2.00. The monoisotopic (exact) mass is 340 g/mol. The number of nitrogens with zero attached hydrogens (tertiary/aromatic N) is 1. The molecule has 1 aromatic rings. The molecule has 0 spiro atoms. The molecule has 1 radical (unpaired) electrons. The molecule has 1 heterocycles. The van der Waals surface area contributed by atoms with E-state index in [0.29, 0.717) is 5.69 Å². The van der Waals surface area contributed by atoms with Crippen molar-refractivity contribution in [3.05, 3.63) is 20.8 Å². The van der Waals surface area contributed by atoms with Gasteiger partial charge in [0.1, 0.15) is 5.69 Å². The van der Waals surface area contributed by atoms with Gasteiger partial charge in [-0.2, -0.15) is 5.10 Å². The molecule has 0 saturated carbocycles. The van der Waals surface area contributed by atoms with Crippen LogP contribution in [0.15, 0.2) is 4.79 Å². The van der Waals surface area contributed by atoms with Gasteiger partial charge in [-0.25, -0.2) is 0 Å². The summed E-state index contributed by atoms with van der Waals surface area (Å²) in [5, 5.41) is 6.05. The van der Waals surface area contributed by atoms with Crippen molar-refractivity contribution < 1.29 is 22.4 Å². The van der Waals surface area contributed by atoms with Crippen LogP contribution >= 0.6 is 12.2 Å². The Morgan fingerprint density at radius 1 is 1.60 bits per heavy atom. The maximum absolute atomic E-state index is 10.6. The maximum Gasteiger partial charge on any atom is 0.273 e. The minimum atomic E-state index is -0.237. The standard InChI is InChI=1S/C4H5N3OS.Au/c1-2-3(8)5-4(9)7-6-2;/h1H3,(H2,5,7,8,9);. The molecular weight excluding hydrogens is 335 g/mol. The van der Waals surface area contributed by atoms with Gasteiger partial charge in [-0.3, -0.25) is 14.9 Å². The van der Waals surface area contributed by atoms with Gasteiger partial charge in [-0.1, -0.05) is 0 Å². The second kappa shape index (κ2) is 3.82. The largest absolute Gasteiger partial charge is 0.297 e. The Hall–Kier alpha value is -0.230. The van der Waals surface area contributed by atoms with Gasteiger partial charge in [0.15, 0.2) is 4.77 Å². The summed E-state index contributed by atoms with van der Waals surface area (Å²) >= 11 is 4.59. The molecule has 1 rings (SSSR count). The Morgan fingerprint density at radius 3 is 2.60 bits per heavy atom. The van der Waals surface area contributed by atoms with Crippen LogP contribution in [0.3, 0.4) is 0 Å². The van der Waals surface area contributed by atoms with Crippen LogP contribution in [-0.4, -0.2) is 15.2 Å². The number of aryl methyl sites for hydroxylation is 1. The van der Waals surface area contributed by atoms with Crippen molar-refractivity contribution >= 4 is 12.2 Å². The predicted octanol–water partition coefficient (Wildman–Crippen LogP) is 0.133. The van der Waals surface area contributed by atoms with Gasteiger partial charge >= 0.3 is 0 Å². The first kappa shape index (κ1) is 9.77. The average molecular weight is 340 g/mol. The Labute approximate surface area is 77.6 Å². The minimum Gasteiger partial charge on any atom is -0.297 e. The molecule has 0 aliphatic rings. The van der Waals surface area contributed by atoms with Crippen molar-refractivity contribution in [1.82, 2.24) is 15.2 Å². The fourth-order valence-electron chi connectivity index (χ4n) is 0.407. The zero-order chi connectivity index (χ0) is 6.85. The summed E-state index contributed by atoms with van der Waals surface area (Å²) in [6.07, 6.45) is 0. The number of hydrogen-bond acceptors (Lipinski definition) is 3. The molecule has 0 saturated heterocycles.